The molecule has 0 amide bonds. The van der Waals surface area contributed by atoms with Gasteiger partial charge in [0.2, 0.25) is 0 Å². The van der Waals surface area contributed by atoms with Gasteiger partial charge in [-0.25, -0.2) is 0 Å². The predicted octanol–water partition coefficient (Wildman–Crippen LogP) is 3.69. The van der Waals surface area contributed by atoms with E-state index in [9.17, 15) is 0 Å². The van der Waals surface area contributed by atoms with E-state index in [0.717, 1.165) is 23.6 Å². The third-order valence-corrected chi connectivity index (χ3v) is 4.73. The average molecular weight is 337 g/mol. The minimum Gasteiger partial charge on any atom is -0.370 e. The minimum absolute atomic E-state index is 0.150. The van der Waals surface area contributed by atoms with E-state index < -0.39 is 0 Å². The van der Waals surface area contributed by atoms with Crippen molar-refractivity contribution in [2.45, 2.75) is 45.1 Å². The zero-order chi connectivity index (χ0) is 16.5. The number of hydrogen-bond donors (Lipinski definition) is 2. The van der Waals surface area contributed by atoms with Crippen LogP contribution in [0.1, 0.15) is 44.1 Å². The maximum absolute atomic E-state index is 7.74. The number of benzene rings is 1. The molecule has 128 valence electrons. The van der Waals surface area contributed by atoms with Crippen LogP contribution in [0.25, 0.3) is 0 Å². The highest BCUT2D eigenvalue weighted by molar-refractivity contribution is 6.30. The van der Waals surface area contributed by atoms with Crippen molar-refractivity contribution in [2.24, 2.45) is 5.73 Å². The molecule has 0 bridgehead atoms. The fourth-order valence-corrected chi connectivity index (χ4v) is 3.22. The Kier molecular flexibility index (Phi) is 7.69. The lowest BCUT2D eigenvalue weighted by Crippen LogP contribution is -2.36. The number of halogens is 1. The smallest absolute Gasteiger partial charge is 0.188 e. The second-order valence-electron chi connectivity index (χ2n) is 6.40. The van der Waals surface area contributed by atoms with Crippen molar-refractivity contribution in [1.29, 1.82) is 5.41 Å². The van der Waals surface area contributed by atoms with Crippen LogP contribution >= 0.6 is 11.6 Å². The van der Waals surface area contributed by atoms with Crippen molar-refractivity contribution in [2.75, 3.05) is 26.2 Å². The molecule has 1 heterocycles. The molecule has 0 unspecified atom stereocenters. The van der Waals surface area contributed by atoms with Crippen molar-refractivity contribution in [3.63, 3.8) is 0 Å². The van der Waals surface area contributed by atoms with Gasteiger partial charge in [0.15, 0.2) is 5.96 Å². The fraction of sp³-hybridized carbons (Fsp3) is 0.611. The zero-order valence-electron chi connectivity index (χ0n) is 13.9. The molecule has 1 fully saturated rings. The molecule has 0 atom stereocenters. The molecular weight excluding hydrogens is 308 g/mol. The lowest BCUT2D eigenvalue weighted by atomic mass is 10.1. The van der Waals surface area contributed by atoms with E-state index in [0.29, 0.717) is 6.54 Å². The highest BCUT2D eigenvalue weighted by Crippen LogP contribution is 2.13. The molecule has 1 aromatic carbocycles. The lowest BCUT2D eigenvalue weighted by molar-refractivity contribution is 0.324. The molecule has 0 radical (unpaired) electrons. The molecule has 1 aromatic rings. The summed E-state index contributed by atoms with van der Waals surface area (Å²) in [5.74, 6) is 0.150. The summed E-state index contributed by atoms with van der Waals surface area (Å²) in [6.45, 7) is 5.36. The number of nitrogens with zero attached hydrogens (tertiary/aromatic N) is 2. The molecular formula is C18H29ClN4. The number of guanidine groups is 1. The number of unbranched alkanes of at least 4 members (excludes halogenated alkanes) is 3. The predicted molar refractivity (Wildman–Crippen MR) is 97.9 cm³/mol. The third kappa shape index (κ3) is 6.80. The van der Waals surface area contributed by atoms with Gasteiger partial charge in [-0.2, -0.15) is 0 Å². The molecule has 1 saturated heterocycles. The van der Waals surface area contributed by atoms with Gasteiger partial charge in [0.25, 0.3) is 0 Å². The van der Waals surface area contributed by atoms with Crippen LogP contribution in [-0.2, 0) is 6.54 Å². The summed E-state index contributed by atoms with van der Waals surface area (Å²) in [4.78, 5) is 4.51. The van der Waals surface area contributed by atoms with Crippen LogP contribution in [0.4, 0.5) is 0 Å². The van der Waals surface area contributed by atoms with Crippen LogP contribution in [0, 0.1) is 5.41 Å². The van der Waals surface area contributed by atoms with Crippen LogP contribution in [0.2, 0.25) is 5.02 Å². The van der Waals surface area contributed by atoms with Gasteiger partial charge in [0, 0.05) is 18.1 Å². The molecule has 2 rings (SSSR count). The first kappa shape index (κ1) is 18.1. The van der Waals surface area contributed by atoms with Gasteiger partial charge < -0.3 is 15.5 Å². The van der Waals surface area contributed by atoms with Gasteiger partial charge in [-0.15, -0.1) is 0 Å². The number of hydrogen-bond acceptors (Lipinski definition) is 2. The standard InChI is InChI=1S/C18H29ClN4/c19-17-9-7-16(8-10-17)15-23(18(20)21)14-4-2-1-3-11-22-12-5-6-13-22/h7-10H,1-6,11-15H2,(H3,20,21). The average Bonchev–Trinajstić information content (AvgIpc) is 3.04. The molecule has 3 N–H and O–H groups in total. The Labute approximate surface area is 145 Å². The Morgan fingerprint density at radius 2 is 1.74 bits per heavy atom. The lowest BCUT2D eigenvalue weighted by Gasteiger charge is -2.23. The molecule has 23 heavy (non-hydrogen) atoms. The van der Waals surface area contributed by atoms with Crippen molar-refractivity contribution in [1.82, 2.24) is 9.80 Å². The zero-order valence-corrected chi connectivity index (χ0v) is 14.7. The summed E-state index contributed by atoms with van der Waals surface area (Å²) in [5.41, 5.74) is 6.85. The Morgan fingerprint density at radius 3 is 2.39 bits per heavy atom. The van der Waals surface area contributed by atoms with E-state index in [1.165, 1.54) is 51.7 Å². The molecule has 0 spiro atoms. The van der Waals surface area contributed by atoms with E-state index in [2.05, 4.69) is 4.90 Å². The van der Waals surface area contributed by atoms with E-state index >= 15 is 0 Å². The van der Waals surface area contributed by atoms with E-state index in [1.54, 1.807) is 0 Å². The van der Waals surface area contributed by atoms with Crippen LogP contribution in [0.5, 0.6) is 0 Å². The Hall–Kier alpha value is -1.26. The Bertz CT molecular complexity index is 468. The second-order valence-corrected chi connectivity index (χ2v) is 6.83. The first-order valence-corrected chi connectivity index (χ1v) is 9.09. The van der Waals surface area contributed by atoms with Gasteiger partial charge in [-0.1, -0.05) is 36.6 Å². The summed E-state index contributed by atoms with van der Waals surface area (Å²) in [7, 11) is 0. The summed E-state index contributed by atoms with van der Waals surface area (Å²) in [5, 5.41) is 8.48. The van der Waals surface area contributed by atoms with E-state index in [4.69, 9.17) is 22.7 Å². The monoisotopic (exact) mass is 336 g/mol. The van der Waals surface area contributed by atoms with Crippen LogP contribution in [0.15, 0.2) is 24.3 Å². The number of nitrogens with two attached hydrogens (primary N) is 1. The molecule has 0 saturated carbocycles. The quantitative estimate of drug-likeness (QED) is 0.411. The number of likely N-dealkylation sites (tertiary alicyclic amines) is 1. The van der Waals surface area contributed by atoms with E-state index in [-0.39, 0.29) is 5.96 Å². The minimum atomic E-state index is 0.150. The second kappa shape index (κ2) is 9.78. The highest BCUT2D eigenvalue weighted by atomic mass is 35.5. The van der Waals surface area contributed by atoms with Crippen LogP contribution < -0.4 is 5.73 Å². The summed E-state index contributed by atoms with van der Waals surface area (Å²) in [6, 6.07) is 7.75. The van der Waals surface area contributed by atoms with Crippen LogP contribution in [0.3, 0.4) is 0 Å². The topological polar surface area (TPSA) is 56.4 Å². The van der Waals surface area contributed by atoms with Gasteiger partial charge in [0.1, 0.15) is 0 Å². The van der Waals surface area contributed by atoms with Crippen molar-refractivity contribution >= 4 is 17.6 Å². The van der Waals surface area contributed by atoms with Gasteiger partial charge in [-0.05, 0) is 63.0 Å². The molecule has 0 aromatic heterocycles. The van der Waals surface area contributed by atoms with Crippen molar-refractivity contribution in [3.8, 4) is 0 Å². The fourth-order valence-electron chi connectivity index (χ4n) is 3.09. The molecule has 4 nitrogen and oxygen atoms in total. The Balaban J connectivity index is 1.62. The normalized spacial score (nSPS) is 15.0. The molecule has 5 heteroatoms. The largest absolute Gasteiger partial charge is 0.370 e. The summed E-state index contributed by atoms with van der Waals surface area (Å²) < 4.78 is 0. The number of nitrogens with one attached hydrogen (secondary N) is 1. The Morgan fingerprint density at radius 1 is 1.09 bits per heavy atom. The van der Waals surface area contributed by atoms with Gasteiger partial charge in [-0.3, -0.25) is 5.41 Å². The number of rotatable bonds is 9. The highest BCUT2D eigenvalue weighted by Gasteiger charge is 2.10. The molecule has 1 aliphatic heterocycles. The molecule has 0 aliphatic carbocycles. The first-order chi connectivity index (χ1) is 11.1. The van der Waals surface area contributed by atoms with Crippen molar-refractivity contribution in [3.05, 3.63) is 34.9 Å². The summed E-state index contributed by atoms with van der Waals surface area (Å²) in [6.07, 6.45) is 7.60. The van der Waals surface area contributed by atoms with E-state index in [1.807, 2.05) is 29.2 Å². The molecule has 1 aliphatic rings. The maximum atomic E-state index is 7.74. The third-order valence-electron chi connectivity index (χ3n) is 4.48. The maximum Gasteiger partial charge on any atom is 0.188 e. The van der Waals surface area contributed by atoms with Crippen LogP contribution in [-0.4, -0.2) is 41.9 Å². The van der Waals surface area contributed by atoms with Crippen molar-refractivity contribution < 1.29 is 0 Å². The summed E-state index contributed by atoms with van der Waals surface area (Å²) >= 11 is 5.91. The van der Waals surface area contributed by atoms with Gasteiger partial charge in [0.05, 0.1) is 0 Å². The van der Waals surface area contributed by atoms with Gasteiger partial charge >= 0.3 is 0 Å². The SMILES string of the molecule is N=C(N)N(CCCCCCN1CCCC1)Cc1ccc(Cl)cc1. The first-order valence-electron chi connectivity index (χ1n) is 8.71.